The van der Waals surface area contributed by atoms with Gasteiger partial charge in [0.1, 0.15) is 0 Å². The molecule has 1 saturated heterocycles. The largest absolute Gasteiger partial charge is 0.382 e. The molecule has 1 atom stereocenters. The van der Waals surface area contributed by atoms with Crippen LogP contribution >= 0.6 is 0 Å². The van der Waals surface area contributed by atoms with Gasteiger partial charge in [-0.05, 0) is 31.8 Å². The summed E-state index contributed by atoms with van der Waals surface area (Å²) < 4.78 is 4.78. The minimum Gasteiger partial charge on any atom is -0.382 e. The fraction of sp³-hybridized carbons (Fsp3) is 0.900. The number of nitrogens with one attached hydrogen (secondary N) is 2. The van der Waals surface area contributed by atoms with E-state index in [0.717, 1.165) is 19.5 Å². The van der Waals surface area contributed by atoms with Crippen molar-refractivity contribution in [1.82, 2.24) is 10.8 Å². The van der Waals surface area contributed by atoms with Gasteiger partial charge >= 0.3 is 0 Å². The topological polar surface area (TPSA) is 59.6 Å². The van der Waals surface area contributed by atoms with Crippen molar-refractivity contribution in [2.24, 2.45) is 5.92 Å². The van der Waals surface area contributed by atoms with E-state index in [4.69, 9.17) is 9.57 Å². The second-order valence-corrected chi connectivity index (χ2v) is 3.76. The van der Waals surface area contributed by atoms with Crippen molar-refractivity contribution in [3.63, 3.8) is 0 Å². The van der Waals surface area contributed by atoms with Crippen LogP contribution in [0.3, 0.4) is 0 Å². The summed E-state index contributed by atoms with van der Waals surface area (Å²) in [5.41, 5.74) is 2.40. The fourth-order valence-corrected chi connectivity index (χ4v) is 1.60. The molecule has 1 aliphatic heterocycles. The molecular formula is C10H20N2O3. The number of methoxy groups -OCH3 is 1. The van der Waals surface area contributed by atoms with Crippen molar-refractivity contribution in [2.45, 2.75) is 19.3 Å². The van der Waals surface area contributed by atoms with Gasteiger partial charge < -0.3 is 10.1 Å². The van der Waals surface area contributed by atoms with E-state index >= 15 is 0 Å². The predicted octanol–water partition coefficient (Wildman–Crippen LogP) is 0.0703. The molecule has 1 aliphatic rings. The molecule has 0 saturated carbocycles. The molecule has 0 aromatic heterocycles. The van der Waals surface area contributed by atoms with Crippen LogP contribution in [-0.4, -0.2) is 39.3 Å². The van der Waals surface area contributed by atoms with E-state index in [1.54, 1.807) is 7.11 Å². The van der Waals surface area contributed by atoms with Crippen molar-refractivity contribution in [3.8, 4) is 0 Å². The third kappa shape index (κ3) is 5.71. The Bertz CT molecular complexity index is 182. The first-order chi connectivity index (χ1) is 7.33. The number of hydroxylamine groups is 1. The van der Waals surface area contributed by atoms with E-state index in [0.29, 0.717) is 25.6 Å². The number of hydrogen-bond acceptors (Lipinski definition) is 4. The summed E-state index contributed by atoms with van der Waals surface area (Å²) in [6, 6.07) is 0. The summed E-state index contributed by atoms with van der Waals surface area (Å²) in [6.07, 6.45) is 2.66. The zero-order chi connectivity index (χ0) is 10.9. The molecule has 1 amide bonds. The average Bonchev–Trinajstić information content (AvgIpc) is 2.74. The first-order valence-corrected chi connectivity index (χ1v) is 5.43. The molecule has 1 fully saturated rings. The molecule has 1 unspecified atom stereocenters. The smallest absolute Gasteiger partial charge is 0.243 e. The highest BCUT2D eigenvalue weighted by atomic mass is 16.7. The zero-order valence-corrected chi connectivity index (χ0v) is 9.25. The van der Waals surface area contributed by atoms with Gasteiger partial charge in [-0.25, -0.2) is 5.48 Å². The molecule has 0 spiro atoms. The van der Waals surface area contributed by atoms with Crippen molar-refractivity contribution in [3.05, 3.63) is 0 Å². The van der Waals surface area contributed by atoms with E-state index in [1.807, 2.05) is 0 Å². The highest BCUT2D eigenvalue weighted by Gasteiger charge is 2.15. The molecule has 5 nitrogen and oxygen atoms in total. The van der Waals surface area contributed by atoms with E-state index in [-0.39, 0.29) is 5.91 Å². The Morgan fingerprint density at radius 2 is 2.40 bits per heavy atom. The Morgan fingerprint density at radius 3 is 3.07 bits per heavy atom. The van der Waals surface area contributed by atoms with E-state index in [2.05, 4.69) is 10.8 Å². The van der Waals surface area contributed by atoms with Gasteiger partial charge in [-0.1, -0.05) is 0 Å². The third-order valence-corrected chi connectivity index (χ3v) is 2.52. The number of amides is 1. The fourth-order valence-electron chi connectivity index (χ4n) is 1.60. The van der Waals surface area contributed by atoms with Gasteiger partial charge in [-0.3, -0.25) is 9.63 Å². The van der Waals surface area contributed by atoms with Crippen molar-refractivity contribution in [2.75, 3.05) is 33.4 Å². The van der Waals surface area contributed by atoms with Gasteiger partial charge in [0.05, 0.1) is 13.2 Å². The molecule has 1 heterocycles. The molecule has 15 heavy (non-hydrogen) atoms. The highest BCUT2D eigenvalue weighted by Crippen LogP contribution is 2.13. The van der Waals surface area contributed by atoms with Crippen LogP contribution in [0, 0.1) is 5.92 Å². The van der Waals surface area contributed by atoms with Gasteiger partial charge in [0.2, 0.25) is 5.91 Å². The van der Waals surface area contributed by atoms with Gasteiger partial charge in [-0.2, -0.15) is 0 Å². The number of ether oxygens (including phenoxy) is 1. The second-order valence-electron chi connectivity index (χ2n) is 3.76. The van der Waals surface area contributed by atoms with Crippen LogP contribution in [-0.2, 0) is 14.4 Å². The number of rotatable bonds is 7. The summed E-state index contributed by atoms with van der Waals surface area (Å²) in [5.74, 6) is 0.604. The van der Waals surface area contributed by atoms with Crippen molar-refractivity contribution in [1.29, 1.82) is 0 Å². The second kappa shape index (κ2) is 7.62. The molecule has 0 aromatic carbocycles. The lowest BCUT2D eigenvalue weighted by Crippen LogP contribution is -2.25. The number of carbonyl (C=O) groups is 1. The van der Waals surface area contributed by atoms with Crippen molar-refractivity contribution < 1.29 is 14.4 Å². The quantitative estimate of drug-likeness (QED) is 0.467. The summed E-state index contributed by atoms with van der Waals surface area (Å²) >= 11 is 0. The van der Waals surface area contributed by atoms with Gasteiger partial charge in [0.15, 0.2) is 0 Å². The summed E-state index contributed by atoms with van der Waals surface area (Å²) in [7, 11) is 1.60. The third-order valence-electron chi connectivity index (χ3n) is 2.52. The monoisotopic (exact) mass is 216 g/mol. The van der Waals surface area contributed by atoms with Crippen LogP contribution in [0.4, 0.5) is 0 Å². The molecule has 0 aromatic rings. The van der Waals surface area contributed by atoms with Gasteiger partial charge in [0.25, 0.3) is 0 Å². The minimum absolute atomic E-state index is 0.0435. The lowest BCUT2D eigenvalue weighted by molar-refractivity contribution is -0.134. The Kier molecular flexibility index (Phi) is 6.31. The highest BCUT2D eigenvalue weighted by molar-refractivity contribution is 5.74. The normalized spacial score (nSPS) is 20.5. The van der Waals surface area contributed by atoms with Crippen molar-refractivity contribution >= 4 is 5.91 Å². The molecule has 1 rings (SSSR count). The molecular weight excluding hydrogens is 196 g/mol. The molecule has 88 valence electrons. The van der Waals surface area contributed by atoms with Crippen LogP contribution in [0.2, 0.25) is 0 Å². The standard InChI is InChI=1S/C10H20N2O3/c1-14-6-7-15-12-10(13)3-2-9-4-5-11-8-9/h9,11H,2-8H2,1H3,(H,12,13). The molecule has 0 aliphatic carbocycles. The van der Waals surface area contributed by atoms with Gasteiger partial charge in [0, 0.05) is 13.5 Å². The average molecular weight is 216 g/mol. The van der Waals surface area contributed by atoms with E-state index in [1.165, 1.54) is 6.42 Å². The Morgan fingerprint density at radius 1 is 1.53 bits per heavy atom. The molecule has 2 N–H and O–H groups in total. The zero-order valence-electron chi connectivity index (χ0n) is 9.25. The maximum atomic E-state index is 11.3. The molecule has 0 radical (unpaired) electrons. The van der Waals surface area contributed by atoms with E-state index in [9.17, 15) is 4.79 Å². The first-order valence-electron chi connectivity index (χ1n) is 5.43. The summed E-state index contributed by atoms with van der Waals surface area (Å²) in [4.78, 5) is 16.2. The maximum Gasteiger partial charge on any atom is 0.243 e. The van der Waals surface area contributed by atoms with Gasteiger partial charge in [-0.15, -0.1) is 0 Å². The summed E-state index contributed by atoms with van der Waals surface area (Å²) in [6.45, 7) is 3.01. The SMILES string of the molecule is COCCONC(=O)CCC1CCNC1. The van der Waals surface area contributed by atoms with Crippen LogP contribution in [0.5, 0.6) is 0 Å². The first kappa shape index (κ1) is 12.4. The number of carbonyl (C=O) groups excluding carboxylic acids is 1. The Balaban J connectivity index is 1.93. The molecule has 5 heteroatoms. The molecule has 0 bridgehead atoms. The predicted molar refractivity (Wildman–Crippen MR) is 56.2 cm³/mol. The summed E-state index contributed by atoms with van der Waals surface area (Å²) in [5, 5.41) is 3.28. The minimum atomic E-state index is -0.0435. The van der Waals surface area contributed by atoms with Crippen LogP contribution in [0.25, 0.3) is 0 Å². The van der Waals surface area contributed by atoms with Crippen LogP contribution in [0.15, 0.2) is 0 Å². The van der Waals surface area contributed by atoms with Crippen LogP contribution in [0.1, 0.15) is 19.3 Å². The number of hydrogen-bond donors (Lipinski definition) is 2. The maximum absolute atomic E-state index is 11.3. The lowest BCUT2D eigenvalue weighted by atomic mass is 10.0. The lowest BCUT2D eigenvalue weighted by Gasteiger charge is -2.08. The Hall–Kier alpha value is -0.650. The van der Waals surface area contributed by atoms with Crippen LogP contribution < -0.4 is 10.8 Å². The Labute approximate surface area is 90.5 Å². The van der Waals surface area contributed by atoms with E-state index < -0.39 is 0 Å².